The number of aromatic nitrogens is 6. The van der Waals surface area contributed by atoms with Crippen molar-refractivity contribution in [1.82, 2.24) is 29.9 Å². The molecule has 1 aliphatic rings. The Hall–Kier alpha value is -3.00. The van der Waals surface area contributed by atoms with Crippen molar-refractivity contribution in [2.45, 2.75) is 18.3 Å². The number of benzene rings is 1. The van der Waals surface area contributed by atoms with Gasteiger partial charge in [-0.25, -0.2) is 19.9 Å². The van der Waals surface area contributed by atoms with Crippen LogP contribution in [-0.2, 0) is 5.41 Å². The number of nitrogens with two attached hydrogens (primary N) is 1. The van der Waals surface area contributed by atoms with E-state index in [1.165, 1.54) is 0 Å². The van der Waals surface area contributed by atoms with Crippen LogP contribution < -0.4 is 10.6 Å². The third-order valence-corrected chi connectivity index (χ3v) is 5.51. The summed E-state index contributed by atoms with van der Waals surface area (Å²) in [4.78, 5) is 26.6. The predicted molar refractivity (Wildman–Crippen MR) is 100.0 cm³/mol. The molecule has 0 atom stereocenters. The minimum Gasteiger partial charge on any atom is -0.355 e. The molecule has 1 fully saturated rings. The van der Waals surface area contributed by atoms with Gasteiger partial charge in [-0.2, -0.15) is 0 Å². The van der Waals surface area contributed by atoms with Crippen LogP contribution >= 0.6 is 0 Å². The second-order valence-corrected chi connectivity index (χ2v) is 6.87. The van der Waals surface area contributed by atoms with E-state index in [1.54, 1.807) is 12.7 Å². The lowest BCUT2D eigenvalue weighted by molar-refractivity contribution is 0.324. The third kappa shape index (κ3) is 2.26. The minimum atomic E-state index is -0.129. The highest BCUT2D eigenvalue weighted by Gasteiger charge is 2.38. The SMILES string of the molecule is NCC1(c2nc3ccccc3[nH]2)CCN(c2ncnc3nc[nH]c23)CC1. The monoisotopic (exact) mass is 348 g/mol. The topological polar surface area (TPSA) is 112 Å². The van der Waals surface area contributed by atoms with E-state index in [0.29, 0.717) is 12.2 Å². The number of hydrogen-bond acceptors (Lipinski definition) is 6. The third-order valence-electron chi connectivity index (χ3n) is 5.51. The Labute approximate surface area is 149 Å². The molecule has 0 radical (unpaired) electrons. The summed E-state index contributed by atoms with van der Waals surface area (Å²) in [6.07, 6.45) is 5.07. The van der Waals surface area contributed by atoms with Gasteiger partial charge in [0.25, 0.3) is 0 Å². The molecule has 0 amide bonds. The van der Waals surface area contributed by atoms with E-state index in [9.17, 15) is 0 Å². The van der Waals surface area contributed by atoms with Crippen LogP contribution in [-0.4, -0.2) is 49.5 Å². The zero-order valence-electron chi connectivity index (χ0n) is 14.3. The first-order valence-electron chi connectivity index (χ1n) is 8.83. The van der Waals surface area contributed by atoms with E-state index in [1.807, 2.05) is 18.2 Å². The zero-order valence-corrected chi connectivity index (χ0v) is 14.3. The van der Waals surface area contributed by atoms with Gasteiger partial charge >= 0.3 is 0 Å². The Balaban J connectivity index is 1.45. The van der Waals surface area contributed by atoms with E-state index in [4.69, 9.17) is 10.7 Å². The fourth-order valence-corrected chi connectivity index (χ4v) is 3.88. The van der Waals surface area contributed by atoms with Gasteiger partial charge in [-0.05, 0) is 25.0 Å². The van der Waals surface area contributed by atoms with Gasteiger partial charge in [0, 0.05) is 25.0 Å². The number of fused-ring (bicyclic) bond motifs is 2. The molecule has 0 bridgehead atoms. The van der Waals surface area contributed by atoms with Crippen LogP contribution in [0.3, 0.4) is 0 Å². The van der Waals surface area contributed by atoms with Crippen LogP contribution in [0.2, 0.25) is 0 Å². The largest absolute Gasteiger partial charge is 0.355 e. The van der Waals surface area contributed by atoms with Crippen LogP contribution in [0, 0.1) is 0 Å². The van der Waals surface area contributed by atoms with Crippen LogP contribution in [0.15, 0.2) is 36.9 Å². The van der Waals surface area contributed by atoms with Gasteiger partial charge in [0.1, 0.15) is 17.7 Å². The maximum absolute atomic E-state index is 6.23. The molecular weight excluding hydrogens is 328 g/mol. The molecule has 1 saturated heterocycles. The van der Waals surface area contributed by atoms with Gasteiger partial charge in [-0.3, -0.25) is 0 Å². The molecule has 8 nitrogen and oxygen atoms in total. The molecule has 4 heterocycles. The summed E-state index contributed by atoms with van der Waals surface area (Å²) in [7, 11) is 0. The number of H-pyrrole nitrogens is 2. The quantitative estimate of drug-likeness (QED) is 0.520. The van der Waals surface area contributed by atoms with E-state index < -0.39 is 0 Å². The van der Waals surface area contributed by atoms with Crippen molar-refractivity contribution in [2.75, 3.05) is 24.5 Å². The number of rotatable bonds is 3. The number of imidazole rings is 2. The summed E-state index contributed by atoms with van der Waals surface area (Å²) in [5.41, 5.74) is 9.74. The molecule has 1 aromatic carbocycles. The Morgan fingerprint density at radius 2 is 1.96 bits per heavy atom. The fraction of sp³-hybridized carbons (Fsp3) is 0.333. The highest BCUT2D eigenvalue weighted by atomic mass is 15.2. The molecule has 3 aromatic heterocycles. The summed E-state index contributed by atoms with van der Waals surface area (Å²) in [6.45, 7) is 2.29. The summed E-state index contributed by atoms with van der Waals surface area (Å²) in [5, 5.41) is 0. The minimum absolute atomic E-state index is 0.129. The van der Waals surface area contributed by atoms with Crippen molar-refractivity contribution in [2.24, 2.45) is 5.73 Å². The molecular formula is C18H20N8. The first-order valence-corrected chi connectivity index (χ1v) is 8.83. The van der Waals surface area contributed by atoms with Crippen molar-refractivity contribution in [3.05, 3.63) is 42.7 Å². The second kappa shape index (κ2) is 5.77. The van der Waals surface area contributed by atoms with Crippen LogP contribution in [0.25, 0.3) is 22.2 Å². The number of piperidine rings is 1. The lowest BCUT2D eigenvalue weighted by Crippen LogP contribution is -2.47. The normalized spacial score (nSPS) is 17.2. The fourth-order valence-electron chi connectivity index (χ4n) is 3.88. The van der Waals surface area contributed by atoms with E-state index in [0.717, 1.165) is 54.1 Å². The number of anilines is 1. The molecule has 4 N–H and O–H groups in total. The Kier molecular flexibility index (Phi) is 3.39. The predicted octanol–water partition coefficient (Wildman–Crippen LogP) is 1.73. The van der Waals surface area contributed by atoms with E-state index >= 15 is 0 Å². The Bertz CT molecular complexity index is 1020. The average molecular weight is 348 g/mol. The van der Waals surface area contributed by atoms with Crippen LogP contribution in [0.1, 0.15) is 18.7 Å². The number of aromatic amines is 2. The lowest BCUT2D eigenvalue weighted by atomic mass is 9.77. The summed E-state index contributed by atoms with van der Waals surface area (Å²) in [6, 6.07) is 8.12. The highest BCUT2D eigenvalue weighted by molar-refractivity contribution is 5.82. The summed E-state index contributed by atoms with van der Waals surface area (Å²) < 4.78 is 0. The molecule has 1 aliphatic heterocycles. The maximum atomic E-state index is 6.23. The molecule has 132 valence electrons. The van der Waals surface area contributed by atoms with Gasteiger partial charge in [-0.1, -0.05) is 12.1 Å². The van der Waals surface area contributed by atoms with Gasteiger partial charge in [0.15, 0.2) is 11.5 Å². The van der Waals surface area contributed by atoms with Gasteiger partial charge in [0.05, 0.1) is 17.4 Å². The van der Waals surface area contributed by atoms with Crippen molar-refractivity contribution in [1.29, 1.82) is 0 Å². The summed E-state index contributed by atoms with van der Waals surface area (Å²) in [5.74, 6) is 1.90. The summed E-state index contributed by atoms with van der Waals surface area (Å²) >= 11 is 0. The number of hydrogen-bond donors (Lipinski definition) is 3. The number of nitrogens with zero attached hydrogens (tertiary/aromatic N) is 5. The maximum Gasteiger partial charge on any atom is 0.182 e. The van der Waals surface area contributed by atoms with Gasteiger partial charge < -0.3 is 20.6 Å². The van der Waals surface area contributed by atoms with Crippen molar-refractivity contribution in [3.63, 3.8) is 0 Å². The molecule has 26 heavy (non-hydrogen) atoms. The van der Waals surface area contributed by atoms with Crippen molar-refractivity contribution in [3.8, 4) is 0 Å². The van der Waals surface area contributed by atoms with Crippen LogP contribution in [0.4, 0.5) is 5.82 Å². The molecule has 8 heteroatoms. The van der Waals surface area contributed by atoms with E-state index in [-0.39, 0.29) is 5.41 Å². The smallest absolute Gasteiger partial charge is 0.182 e. The number of para-hydroxylation sites is 2. The van der Waals surface area contributed by atoms with Crippen molar-refractivity contribution < 1.29 is 0 Å². The number of nitrogens with one attached hydrogen (secondary N) is 2. The molecule has 0 spiro atoms. The Morgan fingerprint density at radius 3 is 2.77 bits per heavy atom. The lowest BCUT2D eigenvalue weighted by Gasteiger charge is -2.40. The van der Waals surface area contributed by atoms with E-state index in [2.05, 4.69) is 35.9 Å². The first-order chi connectivity index (χ1) is 12.8. The second-order valence-electron chi connectivity index (χ2n) is 6.87. The van der Waals surface area contributed by atoms with Gasteiger partial charge in [-0.15, -0.1) is 0 Å². The highest BCUT2D eigenvalue weighted by Crippen LogP contribution is 2.36. The first kappa shape index (κ1) is 15.3. The molecule has 0 saturated carbocycles. The van der Waals surface area contributed by atoms with Crippen molar-refractivity contribution >= 4 is 28.0 Å². The average Bonchev–Trinajstić information content (AvgIpc) is 3.34. The molecule has 4 aromatic rings. The Morgan fingerprint density at radius 1 is 1.12 bits per heavy atom. The van der Waals surface area contributed by atoms with Gasteiger partial charge in [0.2, 0.25) is 0 Å². The standard InChI is InChI=1S/C18H20N8/c19-9-18(17-24-12-3-1-2-4-13(12)25-17)5-7-26(8-6-18)16-14-15(21-10-20-14)22-11-23-16/h1-4,10-11H,5-9,19H2,(H,24,25)(H,20,21,22,23). The zero-order chi connectivity index (χ0) is 17.6. The molecule has 5 rings (SSSR count). The van der Waals surface area contributed by atoms with Crippen LogP contribution in [0.5, 0.6) is 0 Å². The molecule has 0 aliphatic carbocycles. The molecule has 0 unspecified atom stereocenters.